The van der Waals surface area contributed by atoms with Crippen molar-refractivity contribution in [3.05, 3.63) is 82.5 Å². The zero-order chi connectivity index (χ0) is 21.3. The Balaban J connectivity index is 1.67. The number of nitrogens with zero attached hydrogens (tertiary/aromatic N) is 3. The minimum Gasteiger partial charge on any atom is -0.508 e. The van der Waals surface area contributed by atoms with Gasteiger partial charge >= 0.3 is 0 Å². The molecular formula is C21H16ClFN6O. The summed E-state index contributed by atoms with van der Waals surface area (Å²) in [5.41, 5.74) is 7.69. The first kappa shape index (κ1) is 19.5. The van der Waals surface area contributed by atoms with Crippen LogP contribution in [-0.2, 0) is 6.54 Å². The topological polar surface area (TPSA) is 121 Å². The quantitative estimate of drug-likeness (QED) is 0.283. The van der Waals surface area contributed by atoms with Crippen molar-refractivity contribution in [1.82, 2.24) is 15.0 Å². The third-order valence-electron chi connectivity index (χ3n) is 4.49. The molecule has 0 saturated carbocycles. The van der Waals surface area contributed by atoms with Gasteiger partial charge in [0.1, 0.15) is 34.7 Å². The normalized spacial score (nSPS) is 10.9. The SMILES string of the molecule is N=C(c1cc(O)cc(F)c1)c1c(N)ncnc1NCc1cc2ccccc2nc1Cl. The molecule has 4 rings (SSSR count). The fourth-order valence-electron chi connectivity index (χ4n) is 3.08. The number of aromatic nitrogens is 3. The van der Waals surface area contributed by atoms with Crippen molar-refractivity contribution < 1.29 is 9.50 Å². The molecule has 7 nitrogen and oxygen atoms in total. The number of anilines is 2. The molecule has 0 atom stereocenters. The van der Waals surface area contributed by atoms with E-state index in [0.717, 1.165) is 28.6 Å². The highest BCUT2D eigenvalue weighted by molar-refractivity contribution is 6.30. The molecule has 30 heavy (non-hydrogen) atoms. The monoisotopic (exact) mass is 422 g/mol. The van der Waals surface area contributed by atoms with Gasteiger partial charge in [-0.1, -0.05) is 29.8 Å². The Bertz CT molecular complexity index is 1260. The van der Waals surface area contributed by atoms with Gasteiger partial charge in [-0.3, -0.25) is 5.41 Å². The Morgan fingerprint density at radius 2 is 1.97 bits per heavy atom. The van der Waals surface area contributed by atoms with Crippen molar-refractivity contribution in [2.24, 2.45) is 0 Å². The molecule has 9 heteroatoms. The van der Waals surface area contributed by atoms with Gasteiger partial charge in [0, 0.05) is 29.1 Å². The van der Waals surface area contributed by atoms with E-state index in [2.05, 4.69) is 20.3 Å². The third kappa shape index (κ3) is 3.85. The first-order valence-electron chi connectivity index (χ1n) is 8.89. The number of fused-ring (bicyclic) bond motifs is 1. The number of nitrogens with one attached hydrogen (secondary N) is 2. The van der Waals surface area contributed by atoms with Gasteiger partial charge in [-0.2, -0.15) is 0 Å². The van der Waals surface area contributed by atoms with Crippen molar-refractivity contribution >= 4 is 39.9 Å². The summed E-state index contributed by atoms with van der Waals surface area (Å²) >= 11 is 6.31. The lowest BCUT2D eigenvalue weighted by atomic mass is 10.0. The highest BCUT2D eigenvalue weighted by atomic mass is 35.5. The standard InChI is InChI=1S/C21H16ClFN6O/c22-19-13(5-11-3-1-2-4-16(11)29-19)9-26-21-17(20(25)27-10-28-21)18(24)12-6-14(23)8-15(30)7-12/h1-8,10,24,30H,9H2,(H3,25,26,27,28). The Labute approximate surface area is 175 Å². The third-order valence-corrected chi connectivity index (χ3v) is 4.82. The Morgan fingerprint density at radius 3 is 2.77 bits per heavy atom. The number of nitrogen functional groups attached to an aromatic ring is 1. The molecule has 0 bridgehead atoms. The Hall–Kier alpha value is -3.78. The van der Waals surface area contributed by atoms with Gasteiger partial charge in [0.05, 0.1) is 16.8 Å². The summed E-state index contributed by atoms with van der Waals surface area (Å²) in [6.45, 7) is 0.266. The van der Waals surface area contributed by atoms with Gasteiger partial charge in [-0.05, 0) is 24.3 Å². The number of hydrogen-bond donors (Lipinski definition) is 4. The van der Waals surface area contributed by atoms with Crippen LogP contribution in [0.25, 0.3) is 10.9 Å². The highest BCUT2D eigenvalue weighted by Gasteiger charge is 2.18. The molecule has 150 valence electrons. The van der Waals surface area contributed by atoms with E-state index in [1.54, 1.807) is 0 Å². The van der Waals surface area contributed by atoms with Crippen LogP contribution in [-0.4, -0.2) is 25.8 Å². The van der Waals surface area contributed by atoms with Gasteiger partial charge in [0.2, 0.25) is 0 Å². The number of phenolic OH excluding ortho intramolecular Hbond substituents is 1. The second-order valence-electron chi connectivity index (χ2n) is 6.54. The molecule has 2 aromatic heterocycles. The summed E-state index contributed by atoms with van der Waals surface area (Å²) in [6, 6.07) is 12.9. The Morgan fingerprint density at radius 1 is 1.17 bits per heavy atom. The van der Waals surface area contributed by atoms with Crippen LogP contribution in [0.2, 0.25) is 5.15 Å². The fraction of sp³-hybridized carbons (Fsp3) is 0.0476. The van der Waals surface area contributed by atoms with Crippen molar-refractivity contribution in [2.45, 2.75) is 6.54 Å². The molecule has 0 amide bonds. The minimum absolute atomic E-state index is 0.0454. The van der Waals surface area contributed by atoms with E-state index in [9.17, 15) is 9.50 Å². The van der Waals surface area contributed by atoms with Crippen LogP contribution in [0.3, 0.4) is 0 Å². The van der Waals surface area contributed by atoms with E-state index in [-0.39, 0.29) is 40.8 Å². The lowest BCUT2D eigenvalue weighted by molar-refractivity contribution is 0.469. The summed E-state index contributed by atoms with van der Waals surface area (Å²) in [6.07, 6.45) is 1.26. The van der Waals surface area contributed by atoms with Crippen molar-refractivity contribution in [1.29, 1.82) is 5.41 Å². The molecular weight excluding hydrogens is 407 g/mol. The maximum Gasteiger partial charge on any atom is 0.141 e. The van der Waals surface area contributed by atoms with E-state index < -0.39 is 5.82 Å². The van der Waals surface area contributed by atoms with Crippen molar-refractivity contribution in [3.8, 4) is 5.75 Å². The summed E-state index contributed by atoms with van der Waals surface area (Å²) in [5.74, 6) is -0.646. The maximum absolute atomic E-state index is 13.7. The van der Waals surface area contributed by atoms with Crippen LogP contribution in [0.5, 0.6) is 5.75 Å². The average molecular weight is 423 g/mol. The first-order valence-corrected chi connectivity index (χ1v) is 9.27. The van der Waals surface area contributed by atoms with Crippen LogP contribution < -0.4 is 11.1 Å². The molecule has 0 fully saturated rings. The van der Waals surface area contributed by atoms with E-state index in [0.29, 0.717) is 5.15 Å². The number of phenols is 1. The van der Waals surface area contributed by atoms with Gasteiger partial charge in [-0.15, -0.1) is 0 Å². The summed E-state index contributed by atoms with van der Waals surface area (Å²) < 4.78 is 13.7. The van der Waals surface area contributed by atoms with E-state index in [4.69, 9.17) is 22.7 Å². The number of benzene rings is 2. The van der Waals surface area contributed by atoms with E-state index >= 15 is 0 Å². The second kappa shape index (κ2) is 7.92. The molecule has 0 saturated heterocycles. The number of rotatable bonds is 5. The lowest BCUT2D eigenvalue weighted by Gasteiger charge is -2.14. The van der Waals surface area contributed by atoms with Gasteiger partial charge in [-0.25, -0.2) is 19.3 Å². The molecule has 4 aromatic rings. The fourth-order valence-corrected chi connectivity index (χ4v) is 3.29. The number of aromatic hydroxyl groups is 1. The minimum atomic E-state index is -0.673. The largest absolute Gasteiger partial charge is 0.508 e. The first-order chi connectivity index (χ1) is 14.4. The van der Waals surface area contributed by atoms with Gasteiger partial charge < -0.3 is 16.2 Å². The number of hydrogen-bond acceptors (Lipinski definition) is 7. The van der Waals surface area contributed by atoms with Crippen LogP contribution >= 0.6 is 11.6 Å². The van der Waals surface area contributed by atoms with Crippen LogP contribution in [0, 0.1) is 11.2 Å². The Kier molecular flexibility index (Phi) is 5.16. The lowest BCUT2D eigenvalue weighted by Crippen LogP contribution is -2.14. The summed E-state index contributed by atoms with van der Waals surface area (Å²) in [4.78, 5) is 12.5. The number of nitrogens with two attached hydrogens (primary N) is 1. The molecule has 2 heterocycles. The molecule has 0 spiro atoms. The molecule has 0 radical (unpaired) electrons. The summed E-state index contributed by atoms with van der Waals surface area (Å²) in [7, 11) is 0. The highest BCUT2D eigenvalue weighted by Crippen LogP contribution is 2.26. The van der Waals surface area contributed by atoms with Crippen molar-refractivity contribution in [3.63, 3.8) is 0 Å². The van der Waals surface area contributed by atoms with Gasteiger partial charge in [0.25, 0.3) is 0 Å². The van der Waals surface area contributed by atoms with Crippen LogP contribution in [0.15, 0.2) is 54.9 Å². The van der Waals surface area contributed by atoms with E-state index in [1.807, 2.05) is 30.3 Å². The average Bonchev–Trinajstić information content (AvgIpc) is 2.71. The summed E-state index contributed by atoms with van der Waals surface area (Å²) in [5, 5.41) is 22.5. The van der Waals surface area contributed by atoms with E-state index in [1.165, 1.54) is 12.4 Å². The number of pyridine rings is 1. The molecule has 2 aromatic carbocycles. The molecule has 5 N–H and O–H groups in total. The number of halogens is 2. The van der Waals surface area contributed by atoms with Gasteiger partial charge in [0.15, 0.2) is 0 Å². The molecule has 0 unspecified atom stereocenters. The smallest absolute Gasteiger partial charge is 0.141 e. The molecule has 0 aliphatic carbocycles. The number of para-hydroxylation sites is 1. The van der Waals surface area contributed by atoms with Crippen LogP contribution in [0.4, 0.5) is 16.0 Å². The van der Waals surface area contributed by atoms with Crippen molar-refractivity contribution in [2.75, 3.05) is 11.1 Å². The predicted octanol–water partition coefficient (Wildman–Crippen LogP) is 4.13. The molecule has 0 aliphatic heterocycles. The second-order valence-corrected chi connectivity index (χ2v) is 6.90. The molecule has 0 aliphatic rings. The van der Waals surface area contributed by atoms with Crippen LogP contribution in [0.1, 0.15) is 16.7 Å². The maximum atomic E-state index is 13.7. The zero-order valence-electron chi connectivity index (χ0n) is 15.5. The predicted molar refractivity (Wildman–Crippen MR) is 115 cm³/mol. The zero-order valence-corrected chi connectivity index (χ0v) is 16.3.